The van der Waals surface area contributed by atoms with Gasteiger partial charge in [-0.05, 0) is 47.5 Å². The monoisotopic (exact) mass is 407 g/mol. The number of hydrogen-bond acceptors (Lipinski definition) is 3. The van der Waals surface area contributed by atoms with Crippen molar-refractivity contribution in [3.8, 4) is 0 Å². The van der Waals surface area contributed by atoms with Crippen molar-refractivity contribution in [1.29, 1.82) is 0 Å². The molecule has 0 spiro atoms. The molecule has 0 N–H and O–H groups in total. The van der Waals surface area contributed by atoms with Crippen LogP contribution < -0.4 is 4.31 Å². The summed E-state index contributed by atoms with van der Waals surface area (Å²) in [4.78, 5) is 1.07. The van der Waals surface area contributed by atoms with Gasteiger partial charge in [0.1, 0.15) is 4.90 Å². The molecule has 0 unspecified atom stereocenters. The molecular weight excluding hydrogens is 394 g/mol. The number of hydrogen-bond donors (Lipinski definition) is 0. The van der Waals surface area contributed by atoms with Gasteiger partial charge in [0.25, 0.3) is 10.0 Å². The number of thiophene rings is 1. The van der Waals surface area contributed by atoms with E-state index in [1.54, 1.807) is 13.1 Å². The van der Waals surface area contributed by atoms with Crippen LogP contribution in [0.5, 0.6) is 0 Å². The number of halogens is 2. The second kappa shape index (κ2) is 6.28. The van der Waals surface area contributed by atoms with Crippen LogP contribution in [-0.2, 0) is 15.9 Å². The first-order chi connectivity index (χ1) is 9.77. The van der Waals surface area contributed by atoms with E-state index in [1.165, 1.54) is 15.6 Å². The van der Waals surface area contributed by atoms with Crippen molar-refractivity contribution in [2.75, 3.05) is 11.4 Å². The highest BCUT2D eigenvalue weighted by Gasteiger charge is 2.26. The van der Waals surface area contributed by atoms with Crippen molar-refractivity contribution in [3.63, 3.8) is 0 Å². The van der Waals surface area contributed by atoms with Gasteiger partial charge in [0.05, 0.1) is 15.4 Å². The Kier molecular flexibility index (Phi) is 5.03. The lowest BCUT2D eigenvalue weighted by molar-refractivity contribution is 0.594. The van der Waals surface area contributed by atoms with E-state index in [-0.39, 0.29) is 4.90 Å². The van der Waals surface area contributed by atoms with Gasteiger partial charge < -0.3 is 0 Å². The van der Waals surface area contributed by atoms with E-state index in [0.29, 0.717) is 15.4 Å². The van der Waals surface area contributed by atoms with Gasteiger partial charge in [-0.2, -0.15) is 0 Å². The van der Waals surface area contributed by atoms with E-state index in [0.717, 1.165) is 16.0 Å². The number of benzene rings is 1. The summed E-state index contributed by atoms with van der Waals surface area (Å²) < 4.78 is 27.4. The van der Waals surface area contributed by atoms with Crippen molar-refractivity contribution in [2.45, 2.75) is 24.6 Å². The van der Waals surface area contributed by atoms with Crippen LogP contribution in [0.4, 0.5) is 5.69 Å². The summed E-state index contributed by atoms with van der Waals surface area (Å²) in [6.45, 7) is 3.88. The summed E-state index contributed by atoms with van der Waals surface area (Å²) >= 11 is 10.4. The van der Waals surface area contributed by atoms with Crippen molar-refractivity contribution in [1.82, 2.24) is 0 Å². The summed E-state index contributed by atoms with van der Waals surface area (Å²) in [5, 5.41) is 0. The summed E-state index contributed by atoms with van der Waals surface area (Å²) in [6, 6.07) is 7.32. The van der Waals surface area contributed by atoms with E-state index in [1.807, 2.05) is 32.0 Å². The molecule has 1 aromatic heterocycles. The van der Waals surface area contributed by atoms with Crippen LogP contribution in [0.3, 0.4) is 0 Å². The summed E-state index contributed by atoms with van der Waals surface area (Å²) in [6.07, 6.45) is 0. The fourth-order valence-electron chi connectivity index (χ4n) is 2.08. The van der Waals surface area contributed by atoms with Crippen LogP contribution in [0.25, 0.3) is 0 Å². The average molecular weight is 409 g/mol. The van der Waals surface area contributed by atoms with Gasteiger partial charge in [-0.3, -0.25) is 4.31 Å². The van der Waals surface area contributed by atoms with Crippen molar-refractivity contribution >= 4 is 54.6 Å². The average Bonchev–Trinajstić information content (AvgIpc) is 2.80. The van der Waals surface area contributed by atoms with Crippen LogP contribution >= 0.6 is 38.9 Å². The number of rotatable bonds is 4. The largest absolute Gasteiger partial charge is 0.269 e. The second-order valence-electron chi connectivity index (χ2n) is 4.75. The molecule has 0 saturated heterocycles. The van der Waals surface area contributed by atoms with Crippen LogP contribution in [-0.4, -0.2) is 15.5 Å². The Balaban J connectivity index is 2.49. The van der Waals surface area contributed by atoms with Gasteiger partial charge in [-0.1, -0.05) is 17.7 Å². The molecule has 0 saturated carbocycles. The number of sulfonamides is 1. The van der Waals surface area contributed by atoms with Gasteiger partial charge >= 0.3 is 0 Å². The lowest BCUT2D eigenvalue weighted by atomic mass is 10.1. The molecule has 0 bridgehead atoms. The SMILES string of the molecule is Cc1ccc(N(C)S(=O)(=O)c2cc(CCl)sc2Br)c(C)c1. The predicted molar refractivity (Wildman–Crippen MR) is 93.1 cm³/mol. The normalized spacial score (nSPS) is 11.7. The van der Waals surface area contributed by atoms with E-state index in [4.69, 9.17) is 11.6 Å². The van der Waals surface area contributed by atoms with Gasteiger partial charge in [0.15, 0.2) is 0 Å². The molecule has 7 heteroatoms. The van der Waals surface area contributed by atoms with Gasteiger partial charge in [0.2, 0.25) is 0 Å². The zero-order valence-electron chi connectivity index (χ0n) is 11.9. The molecule has 3 nitrogen and oxygen atoms in total. The van der Waals surface area contributed by atoms with Crippen molar-refractivity contribution < 1.29 is 8.42 Å². The van der Waals surface area contributed by atoms with Gasteiger partial charge in [0, 0.05) is 11.9 Å². The van der Waals surface area contributed by atoms with Crippen molar-refractivity contribution in [3.05, 3.63) is 44.1 Å². The fraction of sp³-hybridized carbons (Fsp3) is 0.286. The second-order valence-corrected chi connectivity index (χ2v) is 9.41. The molecule has 1 aromatic carbocycles. The highest BCUT2D eigenvalue weighted by Crippen LogP contribution is 2.35. The van der Waals surface area contributed by atoms with E-state index in [2.05, 4.69) is 15.9 Å². The molecule has 0 fully saturated rings. The van der Waals surface area contributed by atoms with E-state index in [9.17, 15) is 8.42 Å². The van der Waals surface area contributed by atoms with Crippen LogP contribution in [0, 0.1) is 13.8 Å². The first kappa shape index (κ1) is 16.8. The predicted octanol–water partition coefficient (Wildman–Crippen LogP) is 4.69. The third kappa shape index (κ3) is 3.28. The zero-order valence-corrected chi connectivity index (χ0v) is 15.8. The van der Waals surface area contributed by atoms with E-state index < -0.39 is 10.0 Å². The quantitative estimate of drug-likeness (QED) is 0.688. The number of nitrogens with zero attached hydrogens (tertiary/aromatic N) is 1. The fourth-order valence-corrected chi connectivity index (χ4v) is 6.06. The summed E-state index contributed by atoms with van der Waals surface area (Å²) in [5.74, 6) is 0.298. The zero-order chi connectivity index (χ0) is 15.8. The van der Waals surface area contributed by atoms with Crippen LogP contribution in [0.2, 0.25) is 0 Å². The van der Waals surface area contributed by atoms with Crippen LogP contribution in [0.15, 0.2) is 32.9 Å². The molecule has 0 aliphatic carbocycles. The molecule has 114 valence electrons. The minimum atomic E-state index is -3.61. The van der Waals surface area contributed by atoms with Gasteiger partial charge in [-0.15, -0.1) is 22.9 Å². The maximum atomic E-state index is 12.8. The maximum Gasteiger partial charge on any atom is 0.266 e. The molecule has 0 atom stereocenters. The summed E-state index contributed by atoms with van der Waals surface area (Å²) in [7, 11) is -2.04. The van der Waals surface area contributed by atoms with Crippen LogP contribution in [0.1, 0.15) is 16.0 Å². The minimum absolute atomic E-state index is 0.255. The third-order valence-electron chi connectivity index (χ3n) is 3.17. The molecule has 2 rings (SSSR count). The maximum absolute atomic E-state index is 12.8. The topological polar surface area (TPSA) is 37.4 Å². The van der Waals surface area contributed by atoms with Gasteiger partial charge in [-0.25, -0.2) is 8.42 Å². The number of aryl methyl sites for hydroxylation is 2. The lowest BCUT2D eigenvalue weighted by Crippen LogP contribution is -2.27. The molecule has 0 radical (unpaired) electrons. The minimum Gasteiger partial charge on any atom is -0.269 e. The molecule has 2 aromatic rings. The Hall–Kier alpha value is -0.560. The summed E-state index contributed by atoms with van der Waals surface area (Å²) in [5.41, 5.74) is 2.69. The Bertz CT molecular complexity index is 771. The number of anilines is 1. The molecule has 21 heavy (non-hydrogen) atoms. The Morgan fingerprint density at radius 3 is 2.48 bits per heavy atom. The Morgan fingerprint density at radius 1 is 1.29 bits per heavy atom. The third-order valence-corrected chi connectivity index (χ3v) is 7.64. The lowest BCUT2D eigenvalue weighted by Gasteiger charge is -2.21. The molecule has 0 amide bonds. The first-order valence-corrected chi connectivity index (χ1v) is 9.76. The Morgan fingerprint density at radius 2 is 1.95 bits per heavy atom. The smallest absolute Gasteiger partial charge is 0.266 e. The molecule has 1 heterocycles. The standard InChI is InChI=1S/C14H15BrClNO2S2/c1-9-4-5-12(10(2)6-9)17(3)21(18,19)13-7-11(8-16)20-14(13)15/h4-7H,8H2,1-3H3. The Labute approximate surface area is 142 Å². The molecular formula is C14H15BrClNO2S2. The molecule has 0 aliphatic rings. The van der Waals surface area contributed by atoms with Crippen molar-refractivity contribution in [2.24, 2.45) is 0 Å². The highest BCUT2D eigenvalue weighted by atomic mass is 79.9. The highest BCUT2D eigenvalue weighted by molar-refractivity contribution is 9.11. The first-order valence-electron chi connectivity index (χ1n) is 6.17. The molecule has 0 aliphatic heterocycles. The van der Waals surface area contributed by atoms with E-state index >= 15 is 0 Å². The number of alkyl halides is 1.